The lowest BCUT2D eigenvalue weighted by atomic mass is 9.57. The molecule has 0 heterocycles. The predicted molar refractivity (Wildman–Crippen MR) is 98.7 cm³/mol. The fraction of sp³-hybridized carbons (Fsp3) is 0.571. The molecule has 1 spiro atoms. The number of phenols is 1. The Morgan fingerprint density at radius 1 is 1.31 bits per heavy atom. The van der Waals surface area contributed by atoms with E-state index in [4.69, 9.17) is 9.47 Å². The molecule has 4 unspecified atom stereocenters. The Morgan fingerprint density at radius 3 is 2.65 bits per heavy atom. The summed E-state index contributed by atoms with van der Waals surface area (Å²) in [7, 11) is 5.12. The molecule has 5 heteroatoms. The van der Waals surface area contributed by atoms with Crippen LogP contribution in [0, 0.1) is 11.3 Å². The van der Waals surface area contributed by atoms with E-state index in [1.54, 1.807) is 14.2 Å². The van der Waals surface area contributed by atoms with Gasteiger partial charge in [0.2, 0.25) is 0 Å². The number of nitrogens with one attached hydrogen (secondary N) is 1. The summed E-state index contributed by atoms with van der Waals surface area (Å²) in [5, 5.41) is 14.5. The fourth-order valence-corrected chi connectivity index (χ4v) is 6.18. The molecule has 2 saturated carbocycles. The molecule has 0 aromatic heterocycles. The number of aromatic hydroxyl groups is 1. The Kier molecular flexibility index (Phi) is 3.76. The number of rotatable bonds is 3. The molecule has 0 amide bonds. The zero-order valence-corrected chi connectivity index (χ0v) is 15.9. The van der Waals surface area contributed by atoms with Gasteiger partial charge in [-0.2, -0.15) is 0 Å². The summed E-state index contributed by atoms with van der Waals surface area (Å²) in [4.78, 5) is 12.9. The first-order chi connectivity index (χ1) is 12.3. The molecule has 26 heavy (non-hydrogen) atoms. The number of hydrogen-bond donors (Lipinski definition) is 2. The lowest BCUT2D eigenvalue weighted by Crippen LogP contribution is -2.50. The highest BCUT2D eigenvalue weighted by Crippen LogP contribution is 2.68. The number of hydrogen-bond acceptors (Lipinski definition) is 5. The van der Waals surface area contributed by atoms with Crippen LogP contribution in [0.2, 0.25) is 0 Å². The van der Waals surface area contributed by atoms with E-state index in [-0.39, 0.29) is 28.9 Å². The van der Waals surface area contributed by atoms with Crippen LogP contribution < -0.4 is 10.1 Å². The summed E-state index contributed by atoms with van der Waals surface area (Å²) >= 11 is 0. The number of Topliss-reactive ketones (excluding diaryl/α,β-unsaturated/α-hetero) is 1. The number of carbonyl (C=O) groups is 1. The summed E-state index contributed by atoms with van der Waals surface area (Å²) in [6.45, 7) is 6.71. The van der Waals surface area contributed by atoms with Gasteiger partial charge in [0.1, 0.15) is 6.10 Å². The highest BCUT2D eigenvalue weighted by Gasteiger charge is 2.68. The maximum absolute atomic E-state index is 12.9. The van der Waals surface area contributed by atoms with E-state index in [0.29, 0.717) is 18.6 Å². The second kappa shape index (κ2) is 5.57. The van der Waals surface area contributed by atoms with Gasteiger partial charge in [0.25, 0.3) is 0 Å². The van der Waals surface area contributed by atoms with Crippen LogP contribution in [-0.2, 0) is 21.4 Å². The smallest absolute Gasteiger partial charge is 0.162 e. The average molecular weight is 357 g/mol. The second-order valence-electron chi connectivity index (χ2n) is 8.17. The Hall–Kier alpha value is -1.85. The topological polar surface area (TPSA) is 67.8 Å². The van der Waals surface area contributed by atoms with Crippen molar-refractivity contribution in [2.75, 3.05) is 21.3 Å². The van der Waals surface area contributed by atoms with Gasteiger partial charge in [-0.1, -0.05) is 25.1 Å². The molecule has 2 N–H and O–H groups in total. The van der Waals surface area contributed by atoms with Gasteiger partial charge in [-0.25, -0.2) is 0 Å². The molecule has 2 bridgehead atoms. The lowest BCUT2D eigenvalue weighted by Gasteiger charge is -2.46. The number of methoxy groups -OCH3 is 2. The van der Waals surface area contributed by atoms with E-state index in [9.17, 15) is 9.90 Å². The summed E-state index contributed by atoms with van der Waals surface area (Å²) in [6.07, 6.45) is 1.34. The molecule has 3 aliphatic carbocycles. The van der Waals surface area contributed by atoms with Crippen molar-refractivity contribution < 1.29 is 19.4 Å². The van der Waals surface area contributed by atoms with Crippen LogP contribution in [-0.4, -0.2) is 44.3 Å². The SMILES string of the molecule is C=C1C2(C)Cc3ccc(OC)c(O)c3[C@@]13CC(=O)C(OC)CC3C2NC. The van der Waals surface area contributed by atoms with E-state index in [1.165, 1.54) is 0 Å². The maximum atomic E-state index is 12.9. The van der Waals surface area contributed by atoms with Gasteiger partial charge in [0, 0.05) is 36.0 Å². The average Bonchev–Trinajstić information content (AvgIpc) is 2.72. The number of fused-ring (bicyclic) bond motifs is 2. The molecule has 3 aliphatic rings. The van der Waals surface area contributed by atoms with Crippen molar-refractivity contribution in [1.29, 1.82) is 0 Å². The van der Waals surface area contributed by atoms with Crippen molar-refractivity contribution in [3.63, 3.8) is 0 Å². The van der Waals surface area contributed by atoms with Crippen molar-refractivity contribution >= 4 is 5.78 Å². The monoisotopic (exact) mass is 357 g/mol. The van der Waals surface area contributed by atoms with Crippen molar-refractivity contribution in [1.82, 2.24) is 5.32 Å². The minimum atomic E-state index is -0.569. The number of benzene rings is 1. The maximum Gasteiger partial charge on any atom is 0.162 e. The Labute approximate surface area is 154 Å². The number of ketones is 1. The van der Waals surface area contributed by atoms with Gasteiger partial charge in [-0.3, -0.25) is 4.79 Å². The molecular weight excluding hydrogens is 330 g/mol. The van der Waals surface area contributed by atoms with Gasteiger partial charge < -0.3 is 19.9 Å². The first kappa shape index (κ1) is 17.6. The summed E-state index contributed by atoms with van der Waals surface area (Å²) in [6, 6.07) is 4.01. The molecule has 1 aromatic carbocycles. The summed E-state index contributed by atoms with van der Waals surface area (Å²) in [5.41, 5.74) is 2.24. The van der Waals surface area contributed by atoms with Crippen LogP contribution in [0.1, 0.15) is 30.9 Å². The molecule has 140 valence electrons. The lowest BCUT2D eigenvalue weighted by molar-refractivity contribution is -0.135. The van der Waals surface area contributed by atoms with Crippen LogP contribution in [0.3, 0.4) is 0 Å². The Morgan fingerprint density at radius 2 is 2.04 bits per heavy atom. The standard InChI is InChI=1S/C21H27NO4/c1-11-20(2)9-12-6-7-15(25-4)18(24)17(12)21(11)10-14(23)16(26-5)8-13(21)19(20)22-3/h6-7,13,16,19,22,24H,1,8-10H2,2-5H3/t13?,16?,19?,20?,21-/m0/s1. The van der Waals surface area contributed by atoms with Crippen LogP contribution in [0.5, 0.6) is 11.5 Å². The third-order valence-electron chi connectivity index (χ3n) is 7.28. The normalized spacial score (nSPS) is 38.1. The summed E-state index contributed by atoms with van der Waals surface area (Å²) in [5.74, 6) is 0.812. The number of ether oxygens (including phenoxy) is 2. The van der Waals surface area contributed by atoms with Crippen LogP contribution in [0.4, 0.5) is 0 Å². The van der Waals surface area contributed by atoms with Gasteiger partial charge in [0.05, 0.1) is 7.11 Å². The Balaban J connectivity index is 2.02. The first-order valence-corrected chi connectivity index (χ1v) is 9.17. The molecular formula is C21H27NO4. The largest absolute Gasteiger partial charge is 0.504 e. The molecule has 0 radical (unpaired) electrons. The molecule has 1 aromatic rings. The number of carbonyl (C=O) groups excluding carboxylic acids is 1. The molecule has 5 nitrogen and oxygen atoms in total. The first-order valence-electron chi connectivity index (χ1n) is 9.17. The van der Waals surface area contributed by atoms with E-state index >= 15 is 0 Å². The van der Waals surface area contributed by atoms with Crippen molar-refractivity contribution in [2.24, 2.45) is 11.3 Å². The highest BCUT2D eigenvalue weighted by molar-refractivity contribution is 5.88. The fourth-order valence-electron chi connectivity index (χ4n) is 6.18. The number of phenolic OH excluding ortho intramolecular Hbond substituents is 1. The molecule has 5 atom stereocenters. The van der Waals surface area contributed by atoms with Crippen molar-refractivity contribution in [3.8, 4) is 11.5 Å². The molecule has 4 rings (SSSR count). The molecule has 0 aliphatic heterocycles. The zero-order valence-electron chi connectivity index (χ0n) is 15.9. The van der Waals surface area contributed by atoms with Crippen LogP contribution in [0.15, 0.2) is 24.3 Å². The van der Waals surface area contributed by atoms with Crippen LogP contribution in [0.25, 0.3) is 0 Å². The van der Waals surface area contributed by atoms with E-state index in [1.807, 2.05) is 19.2 Å². The zero-order chi connectivity index (χ0) is 18.9. The highest BCUT2D eigenvalue weighted by atomic mass is 16.5. The van der Waals surface area contributed by atoms with Gasteiger partial charge in [-0.05, 0) is 37.4 Å². The minimum absolute atomic E-state index is 0.0825. The minimum Gasteiger partial charge on any atom is -0.504 e. The van der Waals surface area contributed by atoms with Gasteiger partial charge >= 0.3 is 0 Å². The quantitative estimate of drug-likeness (QED) is 0.813. The third kappa shape index (κ3) is 1.85. The van der Waals surface area contributed by atoms with Gasteiger partial charge in [0.15, 0.2) is 17.3 Å². The van der Waals surface area contributed by atoms with E-state index in [2.05, 4.69) is 18.8 Å². The van der Waals surface area contributed by atoms with Crippen molar-refractivity contribution in [3.05, 3.63) is 35.4 Å². The second-order valence-corrected chi connectivity index (χ2v) is 8.17. The van der Waals surface area contributed by atoms with Crippen molar-refractivity contribution in [2.45, 2.75) is 43.7 Å². The van der Waals surface area contributed by atoms with Crippen LogP contribution >= 0.6 is 0 Å². The Bertz CT molecular complexity index is 803. The predicted octanol–water partition coefficient (Wildman–Crippen LogP) is 2.35. The van der Waals surface area contributed by atoms with Gasteiger partial charge in [-0.15, -0.1) is 0 Å². The third-order valence-corrected chi connectivity index (χ3v) is 7.28. The van der Waals surface area contributed by atoms with E-state index < -0.39 is 11.5 Å². The van der Waals surface area contributed by atoms with E-state index in [0.717, 1.165) is 23.1 Å². The summed E-state index contributed by atoms with van der Waals surface area (Å²) < 4.78 is 10.9. The molecule has 2 fully saturated rings. The molecule has 0 saturated heterocycles.